The third-order valence-electron chi connectivity index (χ3n) is 4.34. The van der Waals surface area contributed by atoms with E-state index in [1.807, 2.05) is 48.5 Å². The molecule has 0 unspecified atom stereocenters. The largest absolute Gasteiger partial charge is 0.482 e. The molecule has 0 radical (unpaired) electrons. The van der Waals surface area contributed by atoms with Gasteiger partial charge in [0.2, 0.25) is 0 Å². The predicted molar refractivity (Wildman–Crippen MR) is 114 cm³/mol. The van der Waals surface area contributed by atoms with Crippen molar-refractivity contribution in [3.05, 3.63) is 102 Å². The van der Waals surface area contributed by atoms with Crippen LogP contribution in [0.3, 0.4) is 0 Å². The fourth-order valence-corrected chi connectivity index (χ4v) is 3.32. The van der Waals surface area contributed by atoms with Crippen LogP contribution in [0.1, 0.15) is 23.1 Å². The van der Waals surface area contributed by atoms with Crippen LogP contribution in [0.4, 0.5) is 0 Å². The zero-order valence-corrected chi connectivity index (χ0v) is 16.1. The number of hydrogen-bond acceptors (Lipinski definition) is 2. The molecule has 142 valence electrons. The van der Waals surface area contributed by atoms with Crippen molar-refractivity contribution < 1.29 is 14.6 Å². The highest BCUT2D eigenvalue weighted by Gasteiger charge is 2.14. The molecule has 3 rings (SSSR count). The summed E-state index contributed by atoms with van der Waals surface area (Å²) < 4.78 is 5.26. The zero-order valence-electron chi connectivity index (χ0n) is 15.3. The molecule has 0 saturated carbocycles. The number of ether oxygens (including phenoxy) is 1. The molecule has 0 spiro atoms. The maximum Gasteiger partial charge on any atom is 0.341 e. The molecular weight excluding hydrogens is 372 g/mol. The number of allylic oxidation sites excluding steroid dienone is 1. The number of aliphatic carboxylic acids is 1. The van der Waals surface area contributed by atoms with Crippen molar-refractivity contribution in [2.24, 2.45) is 0 Å². The summed E-state index contributed by atoms with van der Waals surface area (Å²) in [7, 11) is 0. The third kappa shape index (κ3) is 5.02. The van der Waals surface area contributed by atoms with Crippen LogP contribution in [0, 0.1) is 0 Å². The van der Waals surface area contributed by atoms with Crippen LogP contribution < -0.4 is 4.74 Å². The second-order valence-corrected chi connectivity index (χ2v) is 6.61. The van der Waals surface area contributed by atoms with Gasteiger partial charge in [-0.1, -0.05) is 72.8 Å². The van der Waals surface area contributed by atoms with E-state index in [0.29, 0.717) is 11.6 Å². The molecular formula is C24H21ClO3. The molecule has 4 heteroatoms. The summed E-state index contributed by atoms with van der Waals surface area (Å²) in [4.78, 5) is 10.7. The van der Waals surface area contributed by atoms with Gasteiger partial charge < -0.3 is 9.84 Å². The van der Waals surface area contributed by atoms with E-state index in [-0.39, 0.29) is 6.61 Å². The summed E-state index contributed by atoms with van der Waals surface area (Å²) in [5, 5.41) is 8.78. The van der Waals surface area contributed by atoms with Gasteiger partial charge >= 0.3 is 5.97 Å². The molecule has 0 aliphatic rings. The van der Waals surface area contributed by atoms with Crippen LogP contribution in [-0.4, -0.2) is 23.6 Å². The molecule has 0 bridgehead atoms. The molecule has 28 heavy (non-hydrogen) atoms. The Bertz CT molecular complexity index is 933. The van der Waals surface area contributed by atoms with Crippen molar-refractivity contribution in [1.82, 2.24) is 0 Å². The summed E-state index contributed by atoms with van der Waals surface area (Å²) >= 11 is 6.15. The summed E-state index contributed by atoms with van der Waals surface area (Å²) in [5.41, 5.74) is 5.54. The van der Waals surface area contributed by atoms with Crippen molar-refractivity contribution in [2.45, 2.75) is 6.42 Å². The standard InChI is InChI=1S/C24H21ClO3/c25-16-15-22(18-7-3-1-4-8-18)24(19-9-5-2-6-10-19)20-11-13-21(14-12-20)28-17-23(26)27/h1-14H,15-17H2,(H,26,27). The Kier molecular flexibility index (Phi) is 6.88. The monoisotopic (exact) mass is 392 g/mol. The Morgan fingerprint density at radius 3 is 1.86 bits per heavy atom. The predicted octanol–water partition coefficient (Wildman–Crippen LogP) is 5.74. The first-order valence-corrected chi connectivity index (χ1v) is 9.57. The number of halogens is 1. The molecule has 0 atom stereocenters. The van der Waals surface area contributed by atoms with Gasteiger partial charge in [0.25, 0.3) is 0 Å². The second-order valence-electron chi connectivity index (χ2n) is 6.23. The number of carbonyl (C=O) groups is 1. The normalized spacial score (nSPS) is 11.6. The molecule has 1 N–H and O–H groups in total. The molecule has 0 saturated heterocycles. The molecule has 0 amide bonds. The number of hydrogen-bond donors (Lipinski definition) is 1. The Balaban J connectivity index is 2.10. The first-order chi connectivity index (χ1) is 13.7. The van der Waals surface area contributed by atoms with Crippen molar-refractivity contribution in [3.8, 4) is 5.75 Å². The third-order valence-corrected chi connectivity index (χ3v) is 4.53. The Morgan fingerprint density at radius 1 is 0.786 bits per heavy atom. The van der Waals surface area contributed by atoms with Gasteiger partial charge in [-0.3, -0.25) is 0 Å². The highest BCUT2D eigenvalue weighted by Crippen LogP contribution is 2.35. The van der Waals surface area contributed by atoms with E-state index >= 15 is 0 Å². The Labute approximate surface area is 169 Å². The lowest BCUT2D eigenvalue weighted by Crippen LogP contribution is -2.09. The van der Waals surface area contributed by atoms with E-state index in [1.165, 1.54) is 5.57 Å². The van der Waals surface area contributed by atoms with Crippen LogP contribution in [0.25, 0.3) is 11.1 Å². The Morgan fingerprint density at radius 2 is 1.32 bits per heavy atom. The van der Waals surface area contributed by atoms with E-state index < -0.39 is 5.97 Å². The molecule has 0 aliphatic carbocycles. The van der Waals surface area contributed by atoms with E-state index in [2.05, 4.69) is 24.3 Å². The van der Waals surface area contributed by atoms with Crippen molar-refractivity contribution in [2.75, 3.05) is 12.5 Å². The van der Waals surface area contributed by atoms with Gasteiger partial charge in [0.05, 0.1) is 0 Å². The maximum absolute atomic E-state index is 10.7. The van der Waals surface area contributed by atoms with Gasteiger partial charge in [-0.15, -0.1) is 11.6 Å². The lowest BCUT2D eigenvalue weighted by molar-refractivity contribution is -0.139. The first kappa shape index (κ1) is 19.7. The lowest BCUT2D eigenvalue weighted by Gasteiger charge is -2.17. The molecule has 0 aromatic heterocycles. The molecule has 0 aliphatic heterocycles. The van der Waals surface area contributed by atoms with Gasteiger partial charge in [-0.05, 0) is 46.4 Å². The molecule has 3 aromatic carbocycles. The topological polar surface area (TPSA) is 46.5 Å². The lowest BCUT2D eigenvalue weighted by atomic mass is 9.88. The number of rotatable bonds is 8. The van der Waals surface area contributed by atoms with Crippen molar-refractivity contribution in [3.63, 3.8) is 0 Å². The van der Waals surface area contributed by atoms with Gasteiger partial charge in [0.1, 0.15) is 5.75 Å². The Hall–Kier alpha value is -3.04. The maximum atomic E-state index is 10.7. The summed E-state index contributed by atoms with van der Waals surface area (Å²) in [6.45, 7) is -0.359. The van der Waals surface area contributed by atoms with Gasteiger partial charge in [0, 0.05) is 5.88 Å². The van der Waals surface area contributed by atoms with E-state index in [4.69, 9.17) is 21.4 Å². The first-order valence-electron chi connectivity index (χ1n) is 9.04. The molecule has 0 heterocycles. The van der Waals surface area contributed by atoms with E-state index in [9.17, 15) is 4.79 Å². The van der Waals surface area contributed by atoms with Crippen LogP contribution in [0.15, 0.2) is 84.9 Å². The summed E-state index contributed by atoms with van der Waals surface area (Å²) in [5.74, 6) is 0.0417. The highest BCUT2D eigenvalue weighted by atomic mass is 35.5. The van der Waals surface area contributed by atoms with Crippen LogP contribution in [0.5, 0.6) is 5.75 Å². The van der Waals surface area contributed by atoms with Crippen LogP contribution in [0.2, 0.25) is 0 Å². The van der Waals surface area contributed by atoms with Gasteiger partial charge in [0.15, 0.2) is 6.61 Å². The quantitative estimate of drug-likeness (QED) is 0.393. The van der Waals surface area contributed by atoms with Crippen LogP contribution in [-0.2, 0) is 4.79 Å². The van der Waals surface area contributed by atoms with Crippen LogP contribution >= 0.6 is 11.6 Å². The number of carboxylic acids is 1. The van der Waals surface area contributed by atoms with Gasteiger partial charge in [-0.25, -0.2) is 4.79 Å². The number of benzene rings is 3. The summed E-state index contributed by atoms with van der Waals surface area (Å²) in [6.07, 6.45) is 0.729. The minimum atomic E-state index is -0.998. The highest BCUT2D eigenvalue weighted by molar-refractivity contribution is 6.18. The number of carboxylic acid groups (broad SMARTS) is 1. The minimum absolute atomic E-state index is 0.359. The number of alkyl halides is 1. The average Bonchev–Trinajstić information content (AvgIpc) is 2.74. The minimum Gasteiger partial charge on any atom is -0.482 e. The average molecular weight is 393 g/mol. The smallest absolute Gasteiger partial charge is 0.341 e. The molecule has 3 nitrogen and oxygen atoms in total. The van der Waals surface area contributed by atoms with Crippen molar-refractivity contribution >= 4 is 28.7 Å². The van der Waals surface area contributed by atoms with Crippen molar-refractivity contribution in [1.29, 1.82) is 0 Å². The van der Waals surface area contributed by atoms with E-state index in [1.54, 1.807) is 12.1 Å². The van der Waals surface area contributed by atoms with Gasteiger partial charge in [-0.2, -0.15) is 0 Å². The molecule has 3 aromatic rings. The zero-order chi connectivity index (χ0) is 19.8. The fraction of sp³-hybridized carbons (Fsp3) is 0.125. The SMILES string of the molecule is O=C(O)COc1ccc(C(=C(CCCl)c2ccccc2)c2ccccc2)cc1. The summed E-state index contributed by atoms with van der Waals surface area (Å²) in [6, 6.07) is 27.9. The second kappa shape index (κ2) is 9.77. The fourth-order valence-electron chi connectivity index (χ4n) is 3.13. The molecule has 0 fully saturated rings. The van der Waals surface area contributed by atoms with E-state index in [0.717, 1.165) is 28.7 Å².